The zero-order chi connectivity index (χ0) is 22.3. The van der Waals surface area contributed by atoms with Crippen LogP contribution in [0.1, 0.15) is 10.4 Å². The summed E-state index contributed by atoms with van der Waals surface area (Å²) in [5.74, 6) is 1.09. The first-order valence-corrected chi connectivity index (χ1v) is 11.6. The summed E-state index contributed by atoms with van der Waals surface area (Å²) in [6.07, 6.45) is 0. The van der Waals surface area contributed by atoms with E-state index in [4.69, 9.17) is 15.2 Å². The van der Waals surface area contributed by atoms with Gasteiger partial charge in [-0.15, -0.1) is 0 Å². The highest BCUT2D eigenvalue weighted by Crippen LogP contribution is 2.36. The molecule has 0 atom stereocenters. The molecule has 5 nitrogen and oxygen atoms in total. The Morgan fingerprint density at radius 1 is 0.833 bits per heavy atom. The van der Waals surface area contributed by atoms with Gasteiger partial charge in [-0.05, 0) is 84.2 Å². The lowest BCUT2D eigenvalue weighted by molar-refractivity contribution is 0.102. The zero-order valence-corrected chi connectivity index (χ0v) is 22.4. The minimum atomic E-state index is -0.179. The summed E-state index contributed by atoms with van der Waals surface area (Å²) in [6.45, 7) is 0. The Balaban J connectivity index is 0.000000248. The van der Waals surface area contributed by atoms with Crippen molar-refractivity contribution in [3.8, 4) is 11.5 Å². The van der Waals surface area contributed by atoms with Crippen molar-refractivity contribution in [1.29, 1.82) is 0 Å². The molecular weight excluding hydrogens is 648 g/mol. The molecule has 1 amide bonds. The molecule has 3 N–H and O–H groups in total. The van der Waals surface area contributed by atoms with E-state index in [0.717, 1.165) is 17.9 Å². The number of amides is 1. The van der Waals surface area contributed by atoms with Gasteiger partial charge >= 0.3 is 0 Å². The highest BCUT2D eigenvalue weighted by Gasteiger charge is 2.13. The molecule has 0 aliphatic carbocycles. The zero-order valence-electron chi connectivity index (χ0n) is 16.0. The van der Waals surface area contributed by atoms with E-state index in [1.165, 1.54) is 0 Å². The Morgan fingerprint density at radius 3 is 2.03 bits per heavy atom. The largest absolute Gasteiger partial charge is 0.495 e. The van der Waals surface area contributed by atoms with Crippen LogP contribution in [0.25, 0.3) is 0 Å². The van der Waals surface area contributed by atoms with Crippen molar-refractivity contribution in [2.24, 2.45) is 0 Å². The van der Waals surface area contributed by atoms with Crippen molar-refractivity contribution in [2.75, 3.05) is 25.3 Å². The Labute approximate surface area is 208 Å². The van der Waals surface area contributed by atoms with Crippen LogP contribution in [-0.4, -0.2) is 20.1 Å². The van der Waals surface area contributed by atoms with Gasteiger partial charge in [-0.3, -0.25) is 4.79 Å². The summed E-state index contributed by atoms with van der Waals surface area (Å²) in [6, 6.07) is 16.3. The Kier molecular flexibility index (Phi) is 9.67. The van der Waals surface area contributed by atoms with E-state index in [1.54, 1.807) is 38.5 Å². The second kappa shape index (κ2) is 11.7. The van der Waals surface area contributed by atoms with Crippen molar-refractivity contribution < 1.29 is 14.3 Å². The van der Waals surface area contributed by atoms with Crippen LogP contribution < -0.4 is 20.5 Å². The Bertz CT molecular complexity index is 1030. The van der Waals surface area contributed by atoms with Crippen LogP contribution in [0.2, 0.25) is 0 Å². The fourth-order valence-electron chi connectivity index (χ4n) is 2.33. The molecule has 158 valence electrons. The lowest BCUT2D eigenvalue weighted by Gasteiger charge is -2.12. The number of halogens is 4. The number of hydrogen-bond acceptors (Lipinski definition) is 4. The van der Waals surface area contributed by atoms with Gasteiger partial charge in [-0.2, -0.15) is 0 Å². The molecule has 3 aromatic carbocycles. The fraction of sp³-hybridized carbons (Fsp3) is 0.0952. The third-order valence-electron chi connectivity index (χ3n) is 3.79. The molecule has 0 aliphatic heterocycles. The maximum Gasteiger partial charge on any atom is 0.255 e. The number of rotatable bonds is 4. The molecule has 0 spiro atoms. The van der Waals surface area contributed by atoms with Gasteiger partial charge in [0.25, 0.3) is 5.91 Å². The molecule has 0 saturated carbocycles. The molecule has 0 bridgehead atoms. The molecule has 3 aromatic rings. The van der Waals surface area contributed by atoms with Crippen LogP contribution in [0.3, 0.4) is 0 Å². The lowest BCUT2D eigenvalue weighted by Crippen LogP contribution is -2.13. The average molecular weight is 666 g/mol. The van der Waals surface area contributed by atoms with Gasteiger partial charge in [0.05, 0.1) is 25.6 Å². The van der Waals surface area contributed by atoms with Crippen molar-refractivity contribution in [3.63, 3.8) is 0 Å². The number of nitrogens with two attached hydrogens (primary N) is 1. The van der Waals surface area contributed by atoms with Crippen LogP contribution >= 0.6 is 63.7 Å². The second-order valence-electron chi connectivity index (χ2n) is 5.79. The van der Waals surface area contributed by atoms with Crippen molar-refractivity contribution in [1.82, 2.24) is 0 Å². The summed E-state index contributed by atoms with van der Waals surface area (Å²) >= 11 is 13.5. The van der Waals surface area contributed by atoms with E-state index in [2.05, 4.69) is 69.0 Å². The smallest absolute Gasteiger partial charge is 0.255 e. The molecule has 0 aliphatic rings. The van der Waals surface area contributed by atoms with Crippen LogP contribution in [0, 0.1) is 0 Å². The summed E-state index contributed by atoms with van der Waals surface area (Å²) in [5, 5.41) is 2.84. The number of nitrogens with one attached hydrogen (secondary N) is 1. The summed E-state index contributed by atoms with van der Waals surface area (Å²) in [7, 11) is 3.15. The number of nitrogen functional groups attached to an aromatic ring is 1. The number of ether oxygens (including phenoxy) is 2. The normalized spacial score (nSPS) is 9.93. The van der Waals surface area contributed by atoms with Gasteiger partial charge in [0, 0.05) is 23.5 Å². The number of anilines is 2. The van der Waals surface area contributed by atoms with Gasteiger partial charge in [0.2, 0.25) is 0 Å². The first-order chi connectivity index (χ1) is 14.3. The van der Waals surface area contributed by atoms with Gasteiger partial charge in [-0.25, -0.2) is 0 Å². The minimum Gasteiger partial charge on any atom is -0.495 e. The molecule has 0 aromatic heterocycles. The van der Waals surface area contributed by atoms with E-state index >= 15 is 0 Å². The summed E-state index contributed by atoms with van der Waals surface area (Å²) < 4.78 is 13.8. The van der Waals surface area contributed by atoms with Crippen molar-refractivity contribution >= 4 is 81.0 Å². The quantitative estimate of drug-likeness (QED) is 0.288. The van der Waals surface area contributed by atoms with Crippen molar-refractivity contribution in [2.45, 2.75) is 0 Å². The first kappa shape index (κ1) is 24.7. The molecule has 0 unspecified atom stereocenters. The number of benzene rings is 3. The van der Waals surface area contributed by atoms with E-state index in [1.807, 2.05) is 30.3 Å². The number of methoxy groups -OCH3 is 2. The summed E-state index contributed by atoms with van der Waals surface area (Å²) in [5.41, 5.74) is 7.46. The Hall–Kier alpha value is -1.55. The van der Waals surface area contributed by atoms with Crippen LogP contribution in [-0.2, 0) is 0 Å². The monoisotopic (exact) mass is 662 g/mol. The molecule has 0 saturated heterocycles. The molecule has 9 heteroatoms. The molecule has 30 heavy (non-hydrogen) atoms. The molecule has 0 radical (unpaired) electrons. The summed E-state index contributed by atoms with van der Waals surface area (Å²) in [4.78, 5) is 12.1. The minimum absolute atomic E-state index is 0.179. The highest BCUT2D eigenvalue weighted by atomic mass is 79.9. The number of hydrogen-bond donors (Lipinski definition) is 2. The van der Waals surface area contributed by atoms with E-state index in [0.29, 0.717) is 28.4 Å². The second-order valence-corrected chi connectivity index (χ2v) is 9.27. The standard InChI is InChI=1S/C14H11Br2NO2.C7H7Br2NO/c1-19-12-8-10(15)7-11(16)13(12)17-14(18)9-5-3-2-4-6-9;1-11-7-3-5(9)4(8)2-6(7)10/h2-8H,1H3,(H,17,18);2-3H,10H2,1H3. The van der Waals surface area contributed by atoms with Gasteiger partial charge in [0.1, 0.15) is 11.5 Å². The maximum atomic E-state index is 12.1. The lowest BCUT2D eigenvalue weighted by atomic mass is 10.2. The van der Waals surface area contributed by atoms with E-state index in [9.17, 15) is 4.79 Å². The van der Waals surface area contributed by atoms with Crippen LogP contribution in [0.5, 0.6) is 11.5 Å². The third-order valence-corrected chi connectivity index (χ3v) is 6.71. The van der Waals surface area contributed by atoms with Crippen LogP contribution in [0.15, 0.2) is 72.5 Å². The maximum absolute atomic E-state index is 12.1. The van der Waals surface area contributed by atoms with Gasteiger partial charge < -0.3 is 20.5 Å². The molecule has 0 fully saturated rings. The van der Waals surface area contributed by atoms with Gasteiger partial charge in [0.15, 0.2) is 0 Å². The number of carbonyl (C=O) groups excluding carboxylic acids is 1. The van der Waals surface area contributed by atoms with Gasteiger partial charge in [-0.1, -0.05) is 34.1 Å². The van der Waals surface area contributed by atoms with E-state index in [-0.39, 0.29) is 5.91 Å². The van der Waals surface area contributed by atoms with Crippen LogP contribution in [0.4, 0.5) is 11.4 Å². The molecular formula is C21H18Br4N2O3. The highest BCUT2D eigenvalue weighted by molar-refractivity contribution is 9.13. The fourth-order valence-corrected chi connectivity index (χ4v) is 4.30. The first-order valence-electron chi connectivity index (χ1n) is 8.44. The topological polar surface area (TPSA) is 73.6 Å². The van der Waals surface area contributed by atoms with E-state index < -0.39 is 0 Å². The predicted octanol–water partition coefficient (Wildman–Crippen LogP) is 7.27. The number of carbonyl (C=O) groups is 1. The SMILES string of the molecule is COc1cc(Br)c(Br)cc1N.COc1cc(Br)cc(Br)c1NC(=O)c1ccccc1. The average Bonchev–Trinajstić information content (AvgIpc) is 2.73. The Morgan fingerprint density at radius 2 is 1.43 bits per heavy atom. The third kappa shape index (κ3) is 6.73. The van der Waals surface area contributed by atoms with Crippen molar-refractivity contribution in [3.05, 3.63) is 78.1 Å². The molecule has 0 heterocycles. The predicted molar refractivity (Wildman–Crippen MR) is 136 cm³/mol. The molecule has 3 rings (SSSR count).